The van der Waals surface area contributed by atoms with E-state index in [0.717, 1.165) is 4.88 Å². The third-order valence-electron chi connectivity index (χ3n) is 2.76. The smallest absolute Gasteiger partial charge is 0.308 e. The van der Waals surface area contributed by atoms with Crippen molar-refractivity contribution in [1.82, 2.24) is 4.90 Å². The van der Waals surface area contributed by atoms with Crippen LogP contribution in [0.5, 0.6) is 0 Å². The summed E-state index contributed by atoms with van der Waals surface area (Å²) in [6, 6.07) is 3.69. The highest BCUT2D eigenvalue weighted by molar-refractivity contribution is 7.16. The lowest BCUT2D eigenvalue weighted by atomic mass is 10.1. The van der Waals surface area contributed by atoms with Crippen LogP contribution in [0.3, 0.4) is 0 Å². The molecule has 110 valence electrons. The summed E-state index contributed by atoms with van der Waals surface area (Å²) in [6.07, 6.45) is 1.79. The zero-order chi connectivity index (χ0) is 15.1. The Morgan fingerprint density at radius 2 is 2.25 bits per heavy atom. The molecule has 0 saturated heterocycles. The molecule has 4 nitrogen and oxygen atoms in total. The van der Waals surface area contributed by atoms with Crippen molar-refractivity contribution in [3.8, 4) is 0 Å². The number of ether oxygens (including phenoxy) is 1. The molecule has 1 atom stereocenters. The first-order valence-corrected chi connectivity index (χ1v) is 7.38. The van der Waals surface area contributed by atoms with E-state index in [4.69, 9.17) is 11.6 Å². The van der Waals surface area contributed by atoms with Crippen molar-refractivity contribution in [3.05, 3.63) is 34.0 Å². The molecule has 20 heavy (non-hydrogen) atoms. The van der Waals surface area contributed by atoms with Crippen molar-refractivity contribution in [2.24, 2.45) is 5.92 Å². The minimum Gasteiger partial charge on any atom is -0.469 e. The third kappa shape index (κ3) is 4.98. The Balaban J connectivity index is 2.67. The summed E-state index contributed by atoms with van der Waals surface area (Å²) < 4.78 is 5.32. The van der Waals surface area contributed by atoms with E-state index in [1.807, 2.05) is 6.07 Å². The summed E-state index contributed by atoms with van der Waals surface area (Å²) in [5, 5.41) is 0. The Kier molecular flexibility index (Phi) is 6.75. The molecule has 0 radical (unpaired) electrons. The lowest BCUT2D eigenvalue weighted by Crippen LogP contribution is -2.32. The van der Waals surface area contributed by atoms with Gasteiger partial charge in [0.15, 0.2) is 0 Å². The van der Waals surface area contributed by atoms with Crippen LogP contribution >= 0.6 is 22.9 Å². The lowest BCUT2D eigenvalue weighted by Gasteiger charge is -2.21. The highest BCUT2D eigenvalue weighted by atomic mass is 35.5. The number of amides is 1. The van der Waals surface area contributed by atoms with Gasteiger partial charge in [-0.05, 0) is 12.1 Å². The Bertz CT molecular complexity index is 487. The first-order valence-electron chi connectivity index (χ1n) is 6.18. The van der Waals surface area contributed by atoms with E-state index in [0.29, 0.717) is 17.4 Å². The molecule has 0 spiro atoms. The van der Waals surface area contributed by atoms with E-state index in [-0.39, 0.29) is 18.3 Å². The third-order valence-corrected chi connectivity index (χ3v) is 3.98. The average molecular weight is 316 g/mol. The topological polar surface area (TPSA) is 46.6 Å². The number of carbonyl (C=O) groups excluding carboxylic acids is 2. The standard InChI is InChI=1S/C14H18ClNO3S/c1-4-7-16(9-11-5-6-12(15)20-11)13(17)8-10(2)14(18)19-3/h4-6,10H,1,7-9H2,2-3H3/t10-/m1/s1. The summed E-state index contributed by atoms with van der Waals surface area (Å²) in [4.78, 5) is 26.2. The zero-order valence-corrected chi connectivity index (χ0v) is 13.2. The molecule has 0 aliphatic rings. The van der Waals surface area contributed by atoms with Crippen LogP contribution in [-0.2, 0) is 20.9 Å². The second kappa shape index (κ2) is 8.07. The second-order valence-electron chi connectivity index (χ2n) is 4.40. The summed E-state index contributed by atoms with van der Waals surface area (Å²) in [6.45, 7) is 6.23. The number of halogens is 1. The lowest BCUT2D eigenvalue weighted by molar-refractivity contribution is -0.148. The highest BCUT2D eigenvalue weighted by Gasteiger charge is 2.21. The normalized spacial score (nSPS) is 11.8. The van der Waals surface area contributed by atoms with Gasteiger partial charge in [0, 0.05) is 17.8 Å². The van der Waals surface area contributed by atoms with Gasteiger partial charge in [-0.15, -0.1) is 17.9 Å². The van der Waals surface area contributed by atoms with E-state index in [1.54, 1.807) is 24.0 Å². The average Bonchev–Trinajstić information content (AvgIpc) is 2.82. The number of carbonyl (C=O) groups is 2. The molecule has 0 aliphatic carbocycles. The molecule has 0 N–H and O–H groups in total. The molecule has 6 heteroatoms. The van der Waals surface area contributed by atoms with E-state index >= 15 is 0 Å². The molecule has 0 aliphatic heterocycles. The molecule has 0 saturated carbocycles. The monoisotopic (exact) mass is 315 g/mol. The van der Waals surface area contributed by atoms with Gasteiger partial charge < -0.3 is 9.64 Å². The van der Waals surface area contributed by atoms with Crippen LogP contribution in [0.15, 0.2) is 24.8 Å². The van der Waals surface area contributed by atoms with Gasteiger partial charge in [0.25, 0.3) is 0 Å². The molecular weight excluding hydrogens is 298 g/mol. The van der Waals surface area contributed by atoms with Gasteiger partial charge in [-0.25, -0.2) is 0 Å². The van der Waals surface area contributed by atoms with E-state index in [2.05, 4.69) is 11.3 Å². The molecule has 0 bridgehead atoms. The first-order chi connectivity index (χ1) is 9.47. The number of hydrogen-bond donors (Lipinski definition) is 0. The highest BCUT2D eigenvalue weighted by Crippen LogP contribution is 2.23. The maximum absolute atomic E-state index is 12.2. The zero-order valence-electron chi connectivity index (χ0n) is 11.6. The van der Waals surface area contributed by atoms with Gasteiger partial charge in [0.05, 0.1) is 23.9 Å². The van der Waals surface area contributed by atoms with Crippen LogP contribution in [-0.4, -0.2) is 30.4 Å². The maximum atomic E-state index is 12.2. The van der Waals surface area contributed by atoms with Crippen molar-refractivity contribution in [2.45, 2.75) is 19.9 Å². The summed E-state index contributed by atoms with van der Waals surface area (Å²) in [5.74, 6) is -0.935. The number of thiophene rings is 1. The predicted molar refractivity (Wildman–Crippen MR) is 80.7 cm³/mol. The maximum Gasteiger partial charge on any atom is 0.308 e. The van der Waals surface area contributed by atoms with Gasteiger partial charge in [-0.3, -0.25) is 9.59 Å². The molecule has 1 aromatic rings. The van der Waals surface area contributed by atoms with Crippen LogP contribution < -0.4 is 0 Å². The fourth-order valence-corrected chi connectivity index (χ4v) is 2.81. The van der Waals surface area contributed by atoms with E-state index < -0.39 is 5.92 Å². The molecule has 0 aromatic carbocycles. The quantitative estimate of drug-likeness (QED) is 0.574. The number of nitrogens with zero attached hydrogens (tertiary/aromatic N) is 1. The van der Waals surface area contributed by atoms with Gasteiger partial charge in [0.1, 0.15) is 0 Å². The van der Waals surface area contributed by atoms with Gasteiger partial charge in [-0.2, -0.15) is 0 Å². The SMILES string of the molecule is C=CCN(Cc1ccc(Cl)s1)C(=O)C[C@@H](C)C(=O)OC. The Morgan fingerprint density at radius 3 is 2.75 bits per heavy atom. The molecule has 1 rings (SSSR count). The minimum atomic E-state index is -0.452. The van der Waals surface area contributed by atoms with Crippen LogP contribution in [0.2, 0.25) is 4.34 Å². The molecule has 0 fully saturated rings. The fraction of sp³-hybridized carbons (Fsp3) is 0.429. The van der Waals surface area contributed by atoms with Crippen LogP contribution in [0.4, 0.5) is 0 Å². The van der Waals surface area contributed by atoms with Crippen LogP contribution in [0.1, 0.15) is 18.2 Å². The molecule has 1 aromatic heterocycles. The van der Waals surface area contributed by atoms with Crippen molar-refractivity contribution in [3.63, 3.8) is 0 Å². The second-order valence-corrected chi connectivity index (χ2v) is 6.20. The van der Waals surface area contributed by atoms with Gasteiger partial charge in [0.2, 0.25) is 5.91 Å². The van der Waals surface area contributed by atoms with Gasteiger partial charge >= 0.3 is 5.97 Å². The van der Waals surface area contributed by atoms with Crippen molar-refractivity contribution < 1.29 is 14.3 Å². The van der Waals surface area contributed by atoms with Crippen molar-refractivity contribution >= 4 is 34.8 Å². The molecular formula is C14H18ClNO3S. The van der Waals surface area contributed by atoms with Crippen LogP contribution in [0.25, 0.3) is 0 Å². The van der Waals surface area contributed by atoms with Crippen molar-refractivity contribution in [1.29, 1.82) is 0 Å². The number of hydrogen-bond acceptors (Lipinski definition) is 4. The van der Waals surface area contributed by atoms with Crippen LogP contribution in [0, 0.1) is 5.92 Å². The Labute approximate surface area is 128 Å². The number of methoxy groups -OCH3 is 1. The molecule has 0 unspecified atom stereocenters. The van der Waals surface area contributed by atoms with E-state index in [9.17, 15) is 9.59 Å². The fourth-order valence-electron chi connectivity index (χ4n) is 1.71. The summed E-state index contributed by atoms with van der Waals surface area (Å²) in [5.41, 5.74) is 0. The number of rotatable bonds is 7. The van der Waals surface area contributed by atoms with E-state index in [1.165, 1.54) is 18.4 Å². The number of esters is 1. The van der Waals surface area contributed by atoms with Crippen molar-refractivity contribution in [2.75, 3.05) is 13.7 Å². The largest absolute Gasteiger partial charge is 0.469 e. The Hall–Kier alpha value is -1.33. The summed E-state index contributed by atoms with van der Waals surface area (Å²) >= 11 is 7.31. The molecule has 1 amide bonds. The summed E-state index contributed by atoms with van der Waals surface area (Å²) in [7, 11) is 1.32. The predicted octanol–water partition coefficient (Wildman–Crippen LogP) is 3.12. The Morgan fingerprint density at radius 1 is 1.55 bits per heavy atom. The first kappa shape index (κ1) is 16.7. The minimum absolute atomic E-state index is 0.104. The molecule has 1 heterocycles. The van der Waals surface area contributed by atoms with Gasteiger partial charge in [-0.1, -0.05) is 24.6 Å².